The number of urea groups is 1. The Morgan fingerprint density at radius 3 is 2.53 bits per heavy atom. The number of amides is 2. The number of likely N-dealkylation sites (N-methyl/N-ethyl adjacent to an activating group) is 1. The van der Waals surface area contributed by atoms with Crippen LogP contribution in [0.25, 0.3) is 22.2 Å². The summed E-state index contributed by atoms with van der Waals surface area (Å²) in [6, 6.07) is 16.7. The van der Waals surface area contributed by atoms with Gasteiger partial charge in [0, 0.05) is 35.8 Å². The Balaban J connectivity index is 1.44. The molecule has 0 saturated heterocycles. The summed E-state index contributed by atoms with van der Waals surface area (Å²) in [7, 11) is 4.06. The number of ether oxygens (including phenoxy) is 1. The van der Waals surface area contributed by atoms with Gasteiger partial charge in [-0.25, -0.2) is 4.79 Å². The molecule has 36 heavy (non-hydrogen) atoms. The number of aromatic nitrogens is 1. The third-order valence-electron chi connectivity index (χ3n) is 7.44. The van der Waals surface area contributed by atoms with Gasteiger partial charge in [-0.15, -0.1) is 0 Å². The maximum absolute atomic E-state index is 12.4. The van der Waals surface area contributed by atoms with Crippen molar-refractivity contribution in [2.45, 2.75) is 51.1 Å². The maximum atomic E-state index is 12.4. The first-order valence-electron chi connectivity index (χ1n) is 13.0. The normalized spacial score (nSPS) is 16.4. The molecule has 0 radical (unpaired) electrons. The number of fused-ring (bicyclic) bond motifs is 1. The van der Waals surface area contributed by atoms with E-state index < -0.39 is 0 Å². The number of carbonyl (C=O) groups excluding carboxylic acids is 1. The van der Waals surface area contributed by atoms with Crippen LogP contribution in [0.1, 0.15) is 50.6 Å². The first-order valence-corrected chi connectivity index (χ1v) is 13.0. The van der Waals surface area contributed by atoms with Crippen molar-refractivity contribution in [1.29, 1.82) is 5.26 Å². The van der Waals surface area contributed by atoms with Crippen LogP contribution in [0.5, 0.6) is 5.75 Å². The molecular formula is C29H35N5O2. The molecular weight excluding hydrogens is 450 g/mol. The van der Waals surface area contributed by atoms with Crippen LogP contribution >= 0.6 is 0 Å². The van der Waals surface area contributed by atoms with Crippen LogP contribution in [-0.2, 0) is 0 Å². The standard InChI is InChI=1S/C29H35N5O2/c1-19(20-7-8-20)31-29(35)32-22-11-9-21(10-12-22)28-26(18-30)25-14-13-24(36-16-15-33(2)3)17-27(25)34(28)23-5-4-6-23/h9-14,17,19-20,23H,4-8,15-16H2,1-3H3,(H2,31,32,35). The van der Waals surface area contributed by atoms with Gasteiger partial charge in [-0.2, -0.15) is 5.26 Å². The summed E-state index contributed by atoms with van der Waals surface area (Å²) >= 11 is 0. The SMILES string of the molecule is CC(NC(=O)Nc1ccc(-c2c(C#N)c3ccc(OCCN(C)C)cc3n2C2CCC2)cc1)C1CC1. The van der Waals surface area contributed by atoms with E-state index in [0.717, 1.165) is 53.0 Å². The van der Waals surface area contributed by atoms with E-state index in [1.165, 1.54) is 19.3 Å². The molecule has 7 heteroatoms. The van der Waals surface area contributed by atoms with Gasteiger partial charge in [-0.05, 0) is 88.9 Å². The first kappa shape index (κ1) is 24.2. The minimum atomic E-state index is -0.176. The predicted octanol–water partition coefficient (Wildman–Crippen LogP) is 5.77. The van der Waals surface area contributed by atoms with E-state index in [9.17, 15) is 10.1 Å². The molecule has 0 spiro atoms. The van der Waals surface area contributed by atoms with Gasteiger partial charge in [0.25, 0.3) is 0 Å². The van der Waals surface area contributed by atoms with Crippen LogP contribution in [0, 0.1) is 17.2 Å². The van der Waals surface area contributed by atoms with Gasteiger partial charge in [-0.1, -0.05) is 12.1 Å². The van der Waals surface area contributed by atoms with Gasteiger partial charge in [0.2, 0.25) is 0 Å². The van der Waals surface area contributed by atoms with Crippen molar-refractivity contribution in [3.8, 4) is 23.1 Å². The van der Waals surface area contributed by atoms with Crippen molar-refractivity contribution < 1.29 is 9.53 Å². The van der Waals surface area contributed by atoms with Crippen molar-refractivity contribution in [1.82, 2.24) is 14.8 Å². The lowest BCUT2D eigenvalue weighted by Crippen LogP contribution is -2.37. The number of nitrogens with zero attached hydrogens (tertiary/aromatic N) is 3. The highest BCUT2D eigenvalue weighted by Crippen LogP contribution is 2.43. The smallest absolute Gasteiger partial charge is 0.319 e. The minimum absolute atomic E-state index is 0.176. The molecule has 188 valence electrons. The highest BCUT2D eigenvalue weighted by Gasteiger charge is 2.29. The summed E-state index contributed by atoms with van der Waals surface area (Å²) in [4.78, 5) is 14.5. The Labute approximate surface area is 213 Å². The number of carbonyl (C=O) groups is 1. The molecule has 2 amide bonds. The van der Waals surface area contributed by atoms with Crippen LogP contribution in [0.4, 0.5) is 10.5 Å². The van der Waals surface area contributed by atoms with Crippen molar-refractivity contribution in [3.63, 3.8) is 0 Å². The fourth-order valence-electron chi connectivity index (χ4n) is 4.95. The summed E-state index contributed by atoms with van der Waals surface area (Å²) in [5, 5.41) is 17.1. The largest absolute Gasteiger partial charge is 0.492 e. The third-order valence-corrected chi connectivity index (χ3v) is 7.44. The quantitative estimate of drug-likeness (QED) is 0.403. The topological polar surface area (TPSA) is 82.3 Å². The highest BCUT2D eigenvalue weighted by atomic mass is 16.5. The Morgan fingerprint density at radius 1 is 1.17 bits per heavy atom. The predicted molar refractivity (Wildman–Crippen MR) is 143 cm³/mol. The molecule has 1 unspecified atom stereocenters. The summed E-state index contributed by atoms with van der Waals surface area (Å²) in [6.07, 6.45) is 5.78. The monoisotopic (exact) mass is 485 g/mol. The van der Waals surface area contributed by atoms with Gasteiger partial charge in [0.1, 0.15) is 18.4 Å². The molecule has 2 aliphatic carbocycles. The molecule has 5 rings (SSSR count). The second-order valence-electron chi connectivity index (χ2n) is 10.4. The van der Waals surface area contributed by atoms with E-state index >= 15 is 0 Å². The second kappa shape index (κ2) is 10.2. The molecule has 1 aromatic heterocycles. The fourth-order valence-corrected chi connectivity index (χ4v) is 4.95. The average Bonchev–Trinajstić information content (AvgIpc) is 3.62. The molecule has 2 aliphatic rings. The van der Waals surface area contributed by atoms with Gasteiger partial charge in [-0.3, -0.25) is 0 Å². The van der Waals surface area contributed by atoms with Crippen LogP contribution in [0.3, 0.4) is 0 Å². The summed E-state index contributed by atoms with van der Waals surface area (Å²) in [6.45, 7) is 3.51. The molecule has 2 saturated carbocycles. The molecule has 0 aliphatic heterocycles. The maximum Gasteiger partial charge on any atom is 0.319 e. The van der Waals surface area contributed by atoms with Crippen molar-refractivity contribution in [2.24, 2.45) is 5.92 Å². The molecule has 3 aromatic rings. The Hall–Kier alpha value is -3.50. The average molecular weight is 486 g/mol. The summed E-state index contributed by atoms with van der Waals surface area (Å²) in [5.41, 5.74) is 4.39. The Kier molecular flexibility index (Phi) is 6.88. The zero-order valence-corrected chi connectivity index (χ0v) is 21.4. The molecule has 0 bridgehead atoms. The Bertz CT molecular complexity index is 1280. The number of hydrogen-bond donors (Lipinski definition) is 2. The lowest BCUT2D eigenvalue weighted by atomic mass is 9.92. The van der Waals surface area contributed by atoms with Crippen LogP contribution in [-0.4, -0.2) is 48.8 Å². The molecule has 1 atom stereocenters. The van der Waals surface area contributed by atoms with Gasteiger partial charge < -0.3 is 24.8 Å². The van der Waals surface area contributed by atoms with Crippen LogP contribution in [0.2, 0.25) is 0 Å². The molecule has 1 heterocycles. The molecule has 7 nitrogen and oxygen atoms in total. The lowest BCUT2D eigenvalue weighted by molar-refractivity contribution is 0.248. The first-order chi connectivity index (χ1) is 17.4. The molecule has 2 fully saturated rings. The van der Waals surface area contributed by atoms with E-state index in [1.54, 1.807) is 0 Å². The Morgan fingerprint density at radius 2 is 1.92 bits per heavy atom. The summed E-state index contributed by atoms with van der Waals surface area (Å²) in [5.74, 6) is 1.43. The fraction of sp³-hybridized carbons (Fsp3) is 0.448. The van der Waals surface area contributed by atoms with Gasteiger partial charge in [0.05, 0.1) is 16.8 Å². The zero-order chi connectivity index (χ0) is 25.2. The van der Waals surface area contributed by atoms with Crippen molar-refractivity contribution in [2.75, 3.05) is 32.6 Å². The number of nitrogens with one attached hydrogen (secondary N) is 2. The van der Waals surface area contributed by atoms with E-state index in [0.29, 0.717) is 24.1 Å². The van der Waals surface area contributed by atoms with E-state index in [2.05, 4.69) is 39.2 Å². The number of benzene rings is 2. The van der Waals surface area contributed by atoms with Crippen molar-refractivity contribution >= 4 is 22.6 Å². The summed E-state index contributed by atoms with van der Waals surface area (Å²) < 4.78 is 8.35. The second-order valence-corrected chi connectivity index (χ2v) is 10.4. The third kappa shape index (κ3) is 5.05. The van der Waals surface area contributed by atoms with Crippen LogP contribution in [0.15, 0.2) is 42.5 Å². The van der Waals surface area contributed by atoms with E-state index in [4.69, 9.17) is 4.74 Å². The zero-order valence-electron chi connectivity index (χ0n) is 21.4. The minimum Gasteiger partial charge on any atom is -0.492 e. The van der Waals surface area contributed by atoms with Gasteiger partial charge in [0.15, 0.2) is 0 Å². The van der Waals surface area contributed by atoms with E-state index in [1.807, 2.05) is 50.5 Å². The van der Waals surface area contributed by atoms with E-state index in [-0.39, 0.29) is 12.1 Å². The van der Waals surface area contributed by atoms with Gasteiger partial charge >= 0.3 is 6.03 Å². The highest BCUT2D eigenvalue weighted by molar-refractivity contribution is 5.96. The van der Waals surface area contributed by atoms with Crippen molar-refractivity contribution in [3.05, 3.63) is 48.0 Å². The number of hydrogen-bond acceptors (Lipinski definition) is 4. The number of rotatable bonds is 9. The lowest BCUT2D eigenvalue weighted by Gasteiger charge is -2.30. The molecule has 2 aromatic carbocycles. The molecule has 2 N–H and O–H groups in total. The number of nitriles is 1. The number of anilines is 1. The van der Waals surface area contributed by atoms with Crippen LogP contribution < -0.4 is 15.4 Å².